The van der Waals surface area contributed by atoms with E-state index in [1.807, 2.05) is 6.92 Å². The summed E-state index contributed by atoms with van der Waals surface area (Å²) < 4.78 is 3.26. The van der Waals surface area contributed by atoms with E-state index in [9.17, 15) is 9.59 Å². The molecule has 20 heavy (non-hydrogen) atoms. The number of hydrogen-bond acceptors (Lipinski definition) is 5. The van der Waals surface area contributed by atoms with Crippen LogP contribution < -0.4 is 5.69 Å². The number of ketones is 1. The van der Waals surface area contributed by atoms with Crippen molar-refractivity contribution in [3.63, 3.8) is 0 Å². The van der Waals surface area contributed by atoms with Crippen LogP contribution in [0.3, 0.4) is 0 Å². The Morgan fingerprint density at radius 2 is 2.30 bits per heavy atom. The minimum atomic E-state index is -0.235. The number of nitrogens with zero attached hydrogens (tertiary/aromatic N) is 2. The lowest BCUT2D eigenvalue weighted by atomic mass is 10.2. The lowest BCUT2D eigenvalue weighted by molar-refractivity contribution is 0.102. The van der Waals surface area contributed by atoms with Crippen molar-refractivity contribution in [1.82, 2.24) is 14.8 Å². The Kier molecular flexibility index (Phi) is 5.65. The van der Waals surface area contributed by atoms with Gasteiger partial charge in [0.2, 0.25) is 0 Å². The number of halogens is 2. The molecule has 0 bridgehead atoms. The maximum Gasteiger partial charge on any atom is 0.343 e. The third-order valence-electron chi connectivity index (χ3n) is 2.46. The number of nitrogens with one attached hydrogen (secondary N) is 1. The van der Waals surface area contributed by atoms with Gasteiger partial charge in [-0.1, -0.05) is 18.7 Å². The van der Waals surface area contributed by atoms with Crippen molar-refractivity contribution in [2.24, 2.45) is 0 Å². The molecular formula is C11H11Br2N3O2S2. The fourth-order valence-corrected chi connectivity index (χ4v) is 5.28. The number of Topliss-reactive ketones (excluding diaryl/α,β-unsaturated/α-hetero) is 1. The van der Waals surface area contributed by atoms with Gasteiger partial charge in [0.05, 0.1) is 13.3 Å². The van der Waals surface area contributed by atoms with Gasteiger partial charge in [-0.3, -0.25) is 9.36 Å². The van der Waals surface area contributed by atoms with Gasteiger partial charge in [-0.15, -0.1) is 16.4 Å². The Morgan fingerprint density at radius 3 is 2.90 bits per heavy atom. The molecule has 0 saturated heterocycles. The first-order valence-electron chi connectivity index (χ1n) is 5.79. The maximum absolute atomic E-state index is 12.1. The number of hydrogen-bond donors (Lipinski definition) is 1. The van der Waals surface area contributed by atoms with E-state index >= 15 is 0 Å². The number of H-pyrrole nitrogens is 1. The molecule has 2 aromatic heterocycles. The fraction of sp³-hybridized carbons (Fsp3) is 0.364. The summed E-state index contributed by atoms with van der Waals surface area (Å²) in [6.07, 6.45) is 0.837. The second-order valence-corrected chi connectivity index (χ2v) is 8.60. The average molecular weight is 441 g/mol. The third-order valence-corrected chi connectivity index (χ3v) is 5.78. The van der Waals surface area contributed by atoms with Crippen LogP contribution in [0.4, 0.5) is 0 Å². The van der Waals surface area contributed by atoms with Crippen LogP contribution in [-0.4, -0.2) is 26.3 Å². The first-order chi connectivity index (χ1) is 9.52. The number of carbonyl (C=O) groups excluding carboxylic acids is 1. The van der Waals surface area contributed by atoms with E-state index < -0.39 is 0 Å². The number of aromatic nitrogens is 3. The van der Waals surface area contributed by atoms with E-state index in [0.717, 1.165) is 14.0 Å². The average Bonchev–Trinajstić information content (AvgIpc) is 2.91. The topological polar surface area (TPSA) is 67.8 Å². The lowest BCUT2D eigenvalue weighted by Gasteiger charge is -2.02. The number of carbonyl (C=O) groups is 1. The van der Waals surface area contributed by atoms with E-state index in [2.05, 4.69) is 42.1 Å². The van der Waals surface area contributed by atoms with Gasteiger partial charge in [-0.25, -0.2) is 9.89 Å². The van der Waals surface area contributed by atoms with Gasteiger partial charge in [0.15, 0.2) is 10.9 Å². The molecule has 0 radical (unpaired) electrons. The largest absolute Gasteiger partial charge is 0.343 e. The zero-order valence-corrected chi connectivity index (χ0v) is 15.3. The Bertz CT molecular complexity index is 678. The molecule has 0 amide bonds. The standard InChI is InChI=1S/C11H11Br2N3O2S2/c1-2-3-16-10(18)14-15-11(16)19-5-7(17)6-4-8(12)20-9(6)13/h4H,2-3,5H2,1H3,(H,14,18). The van der Waals surface area contributed by atoms with Crippen molar-refractivity contribution in [2.75, 3.05) is 5.75 Å². The summed E-state index contributed by atoms with van der Waals surface area (Å²) in [5.41, 5.74) is 0.413. The Hall–Kier alpha value is -0.380. The van der Waals surface area contributed by atoms with Gasteiger partial charge in [0.1, 0.15) is 0 Å². The molecule has 0 aliphatic carbocycles. The van der Waals surface area contributed by atoms with Crippen LogP contribution in [0.15, 0.2) is 23.6 Å². The van der Waals surface area contributed by atoms with Crippen LogP contribution in [0.1, 0.15) is 23.7 Å². The summed E-state index contributed by atoms with van der Waals surface area (Å²) >= 11 is 9.45. The van der Waals surface area contributed by atoms with Gasteiger partial charge in [-0.05, 0) is 44.3 Å². The molecule has 2 aromatic rings. The zero-order valence-electron chi connectivity index (χ0n) is 10.5. The molecule has 0 atom stereocenters. The van der Waals surface area contributed by atoms with Crippen molar-refractivity contribution < 1.29 is 4.79 Å². The minimum absolute atomic E-state index is 0.00215. The molecule has 0 aliphatic heterocycles. The molecule has 5 nitrogen and oxygen atoms in total. The monoisotopic (exact) mass is 439 g/mol. The van der Waals surface area contributed by atoms with E-state index in [1.165, 1.54) is 23.1 Å². The van der Waals surface area contributed by atoms with Gasteiger partial charge < -0.3 is 0 Å². The van der Waals surface area contributed by atoms with E-state index in [1.54, 1.807) is 10.6 Å². The summed E-state index contributed by atoms with van der Waals surface area (Å²) in [4.78, 5) is 23.7. The molecule has 2 rings (SSSR count). The summed E-state index contributed by atoms with van der Waals surface area (Å²) in [5, 5.41) is 6.91. The molecule has 108 valence electrons. The number of thioether (sulfide) groups is 1. The van der Waals surface area contributed by atoms with Crippen molar-refractivity contribution >= 4 is 60.7 Å². The smallest absolute Gasteiger partial charge is 0.293 e. The molecule has 0 aromatic carbocycles. The summed E-state index contributed by atoms with van der Waals surface area (Å²) in [5.74, 6) is 0.248. The Balaban J connectivity index is 2.07. The molecule has 0 saturated carbocycles. The number of aromatic amines is 1. The molecule has 9 heteroatoms. The Labute approximate surface area is 140 Å². The summed E-state index contributed by atoms with van der Waals surface area (Å²) in [6, 6.07) is 1.79. The second-order valence-electron chi connectivity index (χ2n) is 3.91. The van der Waals surface area contributed by atoms with Crippen LogP contribution in [0.25, 0.3) is 0 Å². The van der Waals surface area contributed by atoms with Crippen molar-refractivity contribution in [2.45, 2.75) is 25.0 Å². The van der Waals surface area contributed by atoms with Gasteiger partial charge in [-0.2, -0.15) is 0 Å². The molecule has 1 N–H and O–H groups in total. The van der Waals surface area contributed by atoms with Crippen LogP contribution in [0.5, 0.6) is 0 Å². The van der Waals surface area contributed by atoms with Gasteiger partial charge in [0, 0.05) is 12.1 Å². The summed E-state index contributed by atoms with van der Waals surface area (Å²) in [6.45, 7) is 2.58. The molecular weight excluding hydrogens is 430 g/mol. The van der Waals surface area contributed by atoms with Crippen LogP contribution in [0.2, 0.25) is 0 Å². The number of thiophene rings is 1. The van der Waals surface area contributed by atoms with E-state index in [4.69, 9.17) is 0 Å². The predicted molar refractivity (Wildman–Crippen MR) is 87.9 cm³/mol. The van der Waals surface area contributed by atoms with Crippen molar-refractivity contribution in [3.8, 4) is 0 Å². The van der Waals surface area contributed by atoms with Gasteiger partial charge >= 0.3 is 5.69 Å². The highest BCUT2D eigenvalue weighted by Gasteiger charge is 2.16. The second kappa shape index (κ2) is 7.06. The highest BCUT2D eigenvalue weighted by molar-refractivity contribution is 9.12. The van der Waals surface area contributed by atoms with E-state index in [-0.39, 0.29) is 17.2 Å². The minimum Gasteiger partial charge on any atom is -0.293 e. The first-order valence-corrected chi connectivity index (χ1v) is 9.17. The van der Waals surface area contributed by atoms with Crippen LogP contribution >= 0.6 is 55.0 Å². The molecule has 0 fully saturated rings. The molecule has 2 heterocycles. The lowest BCUT2D eigenvalue weighted by Crippen LogP contribution is -2.17. The van der Waals surface area contributed by atoms with Crippen molar-refractivity contribution in [3.05, 3.63) is 29.7 Å². The molecule has 0 spiro atoms. The predicted octanol–water partition coefficient (Wildman–Crippen LogP) is 3.54. The first kappa shape index (κ1) is 16.0. The quantitative estimate of drug-likeness (QED) is 0.550. The fourth-order valence-electron chi connectivity index (χ4n) is 1.57. The van der Waals surface area contributed by atoms with Crippen LogP contribution in [-0.2, 0) is 6.54 Å². The van der Waals surface area contributed by atoms with Gasteiger partial charge in [0.25, 0.3) is 0 Å². The third kappa shape index (κ3) is 3.63. The molecule has 0 aliphatic rings. The van der Waals surface area contributed by atoms with Crippen molar-refractivity contribution in [1.29, 1.82) is 0 Å². The normalized spacial score (nSPS) is 10.9. The number of rotatable bonds is 6. The van der Waals surface area contributed by atoms with Crippen LogP contribution in [0, 0.1) is 0 Å². The zero-order chi connectivity index (χ0) is 14.7. The maximum atomic E-state index is 12.1. The highest BCUT2D eigenvalue weighted by atomic mass is 79.9. The summed E-state index contributed by atoms with van der Waals surface area (Å²) in [7, 11) is 0. The Morgan fingerprint density at radius 1 is 1.55 bits per heavy atom. The van der Waals surface area contributed by atoms with E-state index in [0.29, 0.717) is 17.3 Å². The molecule has 0 unspecified atom stereocenters. The SMILES string of the molecule is CCCn1c(SCC(=O)c2cc(Br)sc2Br)n[nH]c1=O. The highest BCUT2D eigenvalue weighted by Crippen LogP contribution is 2.32.